The maximum atomic E-state index is 6.08. The van der Waals surface area contributed by atoms with Crippen molar-refractivity contribution in [3.8, 4) is 12.0 Å². The van der Waals surface area contributed by atoms with E-state index in [4.69, 9.17) is 21.1 Å². The molecule has 0 amide bonds. The third-order valence-electron chi connectivity index (χ3n) is 2.57. The zero-order valence-corrected chi connectivity index (χ0v) is 12.7. The van der Waals surface area contributed by atoms with Gasteiger partial charge in [-0.05, 0) is 12.5 Å². The van der Waals surface area contributed by atoms with Crippen molar-refractivity contribution in [3.63, 3.8) is 0 Å². The number of hydrogen-bond donors (Lipinski definition) is 1. The van der Waals surface area contributed by atoms with Gasteiger partial charge in [0.15, 0.2) is 0 Å². The first-order chi connectivity index (χ1) is 10.2. The van der Waals surface area contributed by atoms with Crippen molar-refractivity contribution in [1.29, 1.82) is 0 Å². The maximum Gasteiger partial charge on any atom is 0.324 e. The van der Waals surface area contributed by atoms with Crippen molar-refractivity contribution in [2.75, 3.05) is 19.0 Å². The summed E-state index contributed by atoms with van der Waals surface area (Å²) in [6, 6.07) is 7.89. The van der Waals surface area contributed by atoms with Gasteiger partial charge < -0.3 is 14.8 Å². The van der Waals surface area contributed by atoms with Gasteiger partial charge in [0, 0.05) is 17.6 Å². The average Bonchev–Trinajstić information content (AvgIpc) is 2.52. The first-order valence-electron chi connectivity index (χ1n) is 6.65. The van der Waals surface area contributed by atoms with E-state index in [1.54, 1.807) is 7.05 Å². The lowest BCUT2D eigenvalue weighted by molar-refractivity contribution is 0.256. The molecule has 112 valence electrons. The van der Waals surface area contributed by atoms with Crippen LogP contribution in [0.3, 0.4) is 0 Å². The van der Waals surface area contributed by atoms with E-state index in [0.717, 1.165) is 12.0 Å². The summed E-state index contributed by atoms with van der Waals surface area (Å²) in [5.41, 5.74) is 0.863. The number of hydrogen-bond acceptors (Lipinski definition) is 6. The highest BCUT2D eigenvalue weighted by atomic mass is 35.5. The van der Waals surface area contributed by atoms with Gasteiger partial charge in [-0.1, -0.05) is 36.7 Å². The van der Waals surface area contributed by atoms with Crippen LogP contribution < -0.4 is 14.8 Å². The zero-order valence-electron chi connectivity index (χ0n) is 12.0. The third-order valence-corrected chi connectivity index (χ3v) is 2.94. The topological polar surface area (TPSA) is 69.2 Å². The standard InChI is InChI=1S/C14H17ClN4O2/c1-3-8-20-13-17-12(16-2)18-14(19-13)21-9-10-6-4-5-7-11(10)15/h4-7H,3,8-9H2,1-2H3,(H,16,17,18,19). The van der Waals surface area contributed by atoms with Crippen molar-refractivity contribution in [1.82, 2.24) is 15.0 Å². The Bertz CT molecular complexity index is 595. The summed E-state index contributed by atoms with van der Waals surface area (Å²) in [7, 11) is 1.72. The number of aromatic nitrogens is 3. The molecular formula is C14H17ClN4O2. The minimum Gasteiger partial charge on any atom is -0.463 e. The highest BCUT2D eigenvalue weighted by Gasteiger charge is 2.09. The molecule has 0 aliphatic carbocycles. The summed E-state index contributed by atoms with van der Waals surface area (Å²) in [5, 5.41) is 3.49. The second-order valence-electron chi connectivity index (χ2n) is 4.20. The lowest BCUT2D eigenvalue weighted by Crippen LogP contribution is -2.07. The lowest BCUT2D eigenvalue weighted by Gasteiger charge is -2.09. The van der Waals surface area contributed by atoms with E-state index < -0.39 is 0 Å². The number of halogens is 1. The molecule has 1 N–H and O–H groups in total. The molecule has 1 heterocycles. The molecule has 0 spiro atoms. The van der Waals surface area contributed by atoms with E-state index in [0.29, 0.717) is 17.6 Å². The second kappa shape index (κ2) is 7.64. The van der Waals surface area contributed by atoms with Crippen LogP contribution >= 0.6 is 11.6 Å². The number of anilines is 1. The Hall–Kier alpha value is -2.08. The van der Waals surface area contributed by atoms with Gasteiger partial charge in [0.2, 0.25) is 5.95 Å². The van der Waals surface area contributed by atoms with Crippen LogP contribution in [-0.4, -0.2) is 28.6 Å². The van der Waals surface area contributed by atoms with E-state index in [1.807, 2.05) is 31.2 Å². The van der Waals surface area contributed by atoms with Gasteiger partial charge in [-0.3, -0.25) is 0 Å². The summed E-state index contributed by atoms with van der Waals surface area (Å²) < 4.78 is 11.0. The summed E-state index contributed by atoms with van der Waals surface area (Å²) >= 11 is 6.08. The molecule has 0 saturated carbocycles. The molecule has 1 aromatic heterocycles. The predicted octanol–water partition coefficient (Wildman–Crippen LogP) is 2.93. The molecule has 0 atom stereocenters. The van der Waals surface area contributed by atoms with Crippen molar-refractivity contribution in [2.24, 2.45) is 0 Å². The quantitative estimate of drug-likeness (QED) is 0.848. The minimum absolute atomic E-state index is 0.195. The van der Waals surface area contributed by atoms with Crippen LogP contribution in [0.1, 0.15) is 18.9 Å². The van der Waals surface area contributed by atoms with E-state index >= 15 is 0 Å². The number of nitrogens with zero attached hydrogens (tertiary/aromatic N) is 3. The Balaban J connectivity index is 2.09. The molecular weight excluding hydrogens is 292 g/mol. The van der Waals surface area contributed by atoms with Crippen LogP contribution in [0.2, 0.25) is 5.02 Å². The lowest BCUT2D eigenvalue weighted by atomic mass is 10.2. The van der Waals surface area contributed by atoms with Gasteiger partial charge in [0.25, 0.3) is 0 Å². The SMILES string of the molecule is CCCOc1nc(NC)nc(OCc2ccccc2Cl)n1. The Morgan fingerprint density at radius 2 is 1.81 bits per heavy atom. The van der Waals surface area contributed by atoms with E-state index in [-0.39, 0.29) is 18.6 Å². The van der Waals surface area contributed by atoms with Crippen molar-refractivity contribution in [2.45, 2.75) is 20.0 Å². The summed E-state index contributed by atoms with van der Waals surface area (Å²) in [5.74, 6) is 0.394. The fourth-order valence-electron chi connectivity index (χ4n) is 1.53. The highest BCUT2D eigenvalue weighted by Crippen LogP contribution is 2.18. The number of nitrogens with one attached hydrogen (secondary N) is 1. The fraction of sp³-hybridized carbons (Fsp3) is 0.357. The third kappa shape index (κ3) is 4.46. The van der Waals surface area contributed by atoms with Crippen molar-refractivity contribution >= 4 is 17.5 Å². The summed E-state index contributed by atoms with van der Waals surface area (Å²) in [6.07, 6.45) is 0.871. The average molecular weight is 309 g/mol. The Kier molecular flexibility index (Phi) is 5.57. The highest BCUT2D eigenvalue weighted by molar-refractivity contribution is 6.31. The molecule has 0 saturated heterocycles. The second-order valence-corrected chi connectivity index (χ2v) is 4.61. The number of ether oxygens (including phenoxy) is 2. The molecule has 1 aromatic carbocycles. The molecule has 0 unspecified atom stereocenters. The molecule has 7 heteroatoms. The van der Waals surface area contributed by atoms with Gasteiger partial charge in [0.05, 0.1) is 6.61 Å². The van der Waals surface area contributed by atoms with Crippen LogP contribution in [0.15, 0.2) is 24.3 Å². The first kappa shape index (κ1) is 15.3. The molecule has 2 rings (SSSR count). The van der Waals surface area contributed by atoms with Crippen molar-refractivity contribution < 1.29 is 9.47 Å². The summed E-state index contributed by atoms with van der Waals surface area (Å²) in [6.45, 7) is 2.83. The van der Waals surface area contributed by atoms with E-state index in [2.05, 4.69) is 20.3 Å². The smallest absolute Gasteiger partial charge is 0.324 e. The van der Waals surface area contributed by atoms with Crippen LogP contribution in [0.25, 0.3) is 0 Å². The molecule has 0 aliphatic rings. The van der Waals surface area contributed by atoms with Gasteiger partial charge in [-0.15, -0.1) is 4.98 Å². The van der Waals surface area contributed by atoms with E-state index in [1.165, 1.54) is 0 Å². The molecule has 6 nitrogen and oxygen atoms in total. The Morgan fingerprint density at radius 1 is 1.10 bits per heavy atom. The zero-order chi connectivity index (χ0) is 15.1. The molecule has 21 heavy (non-hydrogen) atoms. The molecule has 2 aromatic rings. The van der Waals surface area contributed by atoms with Crippen LogP contribution in [0.5, 0.6) is 12.0 Å². The van der Waals surface area contributed by atoms with Crippen LogP contribution in [0.4, 0.5) is 5.95 Å². The Morgan fingerprint density at radius 3 is 2.48 bits per heavy atom. The normalized spacial score (nSPS) is 10.2. The van der Waals surface area contributed by atoms with Crippen LogP contribution in [-0.2, 0) is 6.61 Å². The molecule has 0 bridgehead atoms. The largest absolute Gasteiger partial charge is 0.463 e. The van der Waals surface area contributed by atoms with Gasteiger partial charge in [-0.25, -0.2) is 0 Å². The minimum atomic E-state index is 0.195. The predicted molar refractivity (Wildman–Crippen MR) is 80.9 cm³/mol. The Labute approximate surface area is 128 Å². The first-order valence-corrected chi connectivity index (χ1v) is 7.03. The van der Waals surface area contributed by atoms with Gasteiger partial charge in [-0.2, -0.15) is 9.97 Å². The van der Waals surface area contributed by atoms with E-state index in [9.17, 15) is 0 Å². The monoisotopic (exact) mass is 308 g/mol. The van der Waals surface area contributed by atoms with Gasteiger partial charge in [0.1, 0.15) is 6.61 Å². The molecule has 0 radical (unpaired) electrons. The summed E-state index contributed by atoms with van der Waals surface area (Å²) in [4.78, 5) is 12.3. The van der Waals surface area contributed by atoms with Gasteiger partial charge >= 0.3 is 12.0 Å². The number of benzene rings is 1. The molecule has 0 aliphatic heterocycles. The van der Waals surface area contributed by atoms with Crippen LogP contribution in [0, 0.1) is 0 Å². The fourth-order valence-corrected chi connectivity index (χ4v) is 1.72. The maximum absolute atomic E-state index is 6.08. The number of rotatable bonds is 7. The van der Waals surface area contributed by atoms with Crippen molar-refractivity contribution in [3.05, 3.63) is 34.9 Å². The molecule has 0 fully saturated rings.